The van der Waals surface area contributed by atoms with E-state index in [1.165, 1.54) is 11.3 Å². The number of para-hydroxylation sites is 1. The van der Waals surface area contributed by atoms with Gasteiger partial charge in [0.05, 0.1) is 40.2 Å². The number of carbonyl (C=O) groups is 1. The first-order valence-electron chi connectivity index (χ1n) is 10.2. The highest BCUT2D eigenvalue weighted by atomic mass is 35.5. The van der Waals surface area contributed by atoms with Crippen LogP contribution in [0.4, 0.5) is 11.4 Å². The Morgan fingerprint density at radius 3 is 2.73 bits per heavy atom. The lowest BCUT2D eigenvalue weighted by Gasteiger charge is -2.31. The minimum Gasteiger partial charge on any atom is -0.378 e. The SMILES string of the molecule is Cc1nc(C2CC2)nc2sc(C(=O)Nc3cccc(Cl)c3N3CCOCC3)c(C)c12. The molecule has 1 amide bonds. The number of amides is 1. The zero-order valence-electron chi connectivity index (χ0n) is 17.0. The average molecular weight is 443 g/mol. The standard InChI is InChI=1S/C22H23ClN4O2S/c1-12-17-13(2)24-20(14-6-7-14)26-22(17)30-19(12)21(28)25-16-5-3-4-15(23)18(16)27-8-10-29-11-9-27/h3-5,14H,6-11H2,1-2H3,(H,25,28). The Labute approximate surface area is 184 Å². The van der Waals surface area contributed by atoms with Crippen LogP contribution in [0.15, 0.2) is 18.2 Å². The van der Waals surface area contributed by atoms with Crippen LogP contribution in [0.1, 0.15) is 45.5 Å². The van der Waals surface area contributed by atoms with E-state index in [0.717, 1.165) is 58.9 Å². The number of rotatable bonds is 4. The third-order valence-electron chi connectivity index (χ3n) is 5.70. The van der Waals surface area contributed by atoms with Gasteiger partial charge in [-0.1, -0.05) is 17.7 Å². The van der Waals surface area contributed by atoms with Crippen molar-refractivity contribution in [2.45, 2.75) is 32.6 Å². The molecule has 2 aromatic heterocycles. The summed E-state index contributed by atoms with van der Waals surface area (Å²) in [7, 11) is 0. The molecule has 3 heterocycles. The minimum atomic E-state index is -0.139. The van der Waals surface area contributed by atoms with Gasteiger partial charge in [-0.25, -0.2) is 9.97 Å². The Morgan fingerprint density at radius 1 is 1.23 bits per heavy atom. The number of thiophene rings is 1. The fourth-order valence-electron chi connectivity index (χ4n) is 4.00. The van der Waals surface area contributed by atoms with Gasteiger partial charge in [-0.05, 0) is 44.4 Å². The van der Waals surface area contributed by atoms with E-state index in [-0.39, 0.29) is 5.91 Å². The van der Waals surface area contributed by atoms with E-state index < -0.39 is 0 Å². The second-order valence-electron chi connectivity index (χ2n) is 7.87. The summed E-state index contributed by atoms with van der Waals surface area (Å²) < 4.78 is 5.46. The quantitative estimate of drug-likeness (QED) is 0.620. The maximum Gasteiger partial charge on any atom is 0.266 e. The first-order chi connectivity index (χ1) is 14.5. The molecule has 8 heteroatoms. The molecular weight excluding hydrogens is 420 g/mol. The Balaban J connectivity index is 1.49. The summed E-state index contributed by atoms with van der Waals surface area (Å²) in [5.41, 5.74) is 3.45. The highest BCUT2D eigenvalue weighted by molar-refractivity contribution is 7.20. The number of halogens is 1. The van der Waals surface area contributed by atoms with E-state index in [1.807, 2.05) is 32.0 Å². The number of ether oxygens (including phenoxy) is 1. The summed E-state index contributed by atoms with van der Waals surface area (Å²) in [6.07, 6.45) is 2.31. The second-order valence-corrected chi connectivity index (χ2v) is 9.27. The van der Waals surface area contributed by atoms with Crippen molar-refractivity contribution in [1.82, 2.24) is 9.97 Å². The highest BCUT2D eigenvalue weighted by Crippen LogP contribution is 2.41. The van der Waals surface area contributed by atoms with Crippen LogP contribution in [-0.2, 0) is 4.74 Å². The van der Waals surface area contributed by atoms with Gasteiger partial charge in [0, 0.05) is 24.4 Å². The van der Waals surface area contributed by atoms with Gasteiger partial charge in [0.25, 0.3) is 5.91 Å². The maximum atomic E-state index is 13.3. The Hall–Kier alpha value is -2.22. The molecule has 6 nitrogen and oxygen atoms in total. The van der Waals surface area contributed by atoms with Crippen molar-refractivity contribution in [1.29, 1.82) is 0 Å². The number of benzene rings is 1. The summed E-state index contributed by atoms with van der Waals surface area (Å²) in [5.74, 6) is 1.26. The number of hydrogen-bond acceptors (Lipinski definition) is 6. The molecule has 0 spiro atoms. The predicted molar refractivity (Wildman–Crippen MR) is 121 cm³/mol. The molecule has 1 aliphatic carbocycles. The minimum absolute atomic E-state index is 0.139. The molecular formula is C22H23ClN4O2S. The first kappa shape index (κ1) is 19.7. The number of aryl methyl sites for hydroxylation is 2. The molecule has 0 bridgehead atoms. The Morgan fingerprint density at radius 2 is 2.00 bits per heavy atom. The van der Waals surface area contributed by atoms with E-state index in [2.05, 4.69) is 10.2 Å². The van der Waals surface area contributed by atoms with Gasteiger partial charge in [-0.2, -0.15) is 0 Å². The largest absolute Gasteiger partial charge is 0.378 e. The molecule has 1 aromatic carbocycles. The molecule has 156 valence electrons. The van der Waals surface area contributed by atoms with Crippen molar-refractivity contribution in [3.8, 4) is 0 Å². The Kier molecular flexibility index (Phi) is 5.13. The predicted octanol–water partition coefficient (Wildman–Crippen LogP) is 4.93. The van der Waals surface area contributed by atoms with Crippen molar-refractivity contribution in [3.05, 3.63) is 45.2 Å². The summed E-state index contributed by atoms with van der Waals surface area (Å²) in [6, 6.07) is 5.61. The number of aromatic nitrogens is 2. The monoisotopic (exact) mass is 442 g/mol. The van der Waals surface area contributed by atoms with Gasteiger partial charge < -0.3 is 15.0 Å². The van der Waals surface area contributed by atoms with Crippen molar-refractivity contribution in [2.24, 2.45) is 0 Å². The maximum absolute atomic E-state index is 13.3. The third kappa shape index (κ3) is 3.55. The van der Waals surface area contributed by atoms with Crippen LogP contribution in [0.2, 0.25) is 5.02 Å². The number of morpholine rings is 1. The lowest BCUT2D eigenvalue weighted by Crippen LogP contribution is -2.37. The van der Waals surface area contributed by atoms with Crippen LogP contribution in [0, 0.1) is 13.8 Å². The summed E-state index contributed by atoms with van der Waals surface area (Å²) in [4.78, 5) is 26.4. The summed E-state index contributed by atoms with van der Waals surface area (Å²) in [5, 5.41) is 4.71. The van der Waals surface area contributed by atoms with Crippen LogP contribution < -0.4 is 10.2 Å². The first-order valence-corrected chi connectivity index (χ1v) is 11.4. The molecule has 30 heavy (non-hydrogen) atoms. The zero-order chi connectivity index (χ0) is 20.8. The number of fused-ring (bicyclic) bond motifs is 1. The van der Waals surface area contributed by atoms with Crippen LogP contribution in [0.3, 0.4) is 0 Å². The van der Waals surface area contributed by atoms with Crippen LogP contribution >= 0.6 is 22.9 Å². The van der Waals surface area contributed by atoms with E-state index in [4.69, 9.17) is 26.3 Å². The normalized spacial score (nSPS) is 16.8. The van der Waals surface area contributed by atoms with Crippen LogP contribution in [0.25, 0.3) is 10.2 Å². The average Bonchev–Trinajstić information content (AvgIpc) is 3.52. The van der Waals surface area contributed by atoms with Gasteiger partial charge >= 0.3 is 0 Å². The van der Waals surface area contributed by atoms with Gasteiger partial charge in [-0.15, -0.1) is 11.3 Å². The van der Waals surface area contributed by atoms with Crippen LogP contribution in [0.5, 0.6) is 0 Å². The van der Waals surface area contributed by atoms with Crippen molar-refractivity contribution >= 4 is 50.4 Å². The lowest BCUT2D eigenvalue weighted by atomic mass is 10.1. The molecule has 5 rings (SSSR count). The fraction of sp³-hybridized carbons (Fsp3) is 0.409. The molecule has 0 radical (unpaired) electrons. The number of anilines is 2. The summed E-state index contributed by atoms with van der Waals surface area (Å²) in [6.45, 7) is 6.76. The molecule has 1 saturated heterocycles. The smallest absolute Gasteiger partial charge is 0.266 e. The van der Waals surface area contributed by atoms with Crippen molar-refractivity contribution in [3.63, 3.8) is 0 Å². The summed E-state index contributed by atoms with van der Waals surface area (Å²) >= 11 is 7.95. The molecule has 0 atom stereocenters. The van der Waals surface area contributed by atoms with E-state index >= 15 is 0 Å². The molecule has 2 fully saturated rings. The molecule has 2 aliphatic rings. The molecule has 1 N–H and O–H groups in total. The van der Waals surface area contributed by atoms with Gasteiger partial charge in [0.1, 0.15) is 10.7 Å². The molecule has 0 unspecified atom stereocenters. The highest BCUT2D eigenvalue weighted by Gasteiger charge is 2.29. The molecule has 1 aliphatic heterocycles. The third-order valence-corrected chi connectivity index (χ3v) is 7.19. The number of hydrogen-bond donors (Lipinski definition) is 1. The van der Waals surface area contributed by atoms with E-state index in [9.17, 15) is 4.79 Å². The Bertz CT molecular complexity index is 1140. The van der Waals surface area contributed by atoms with Crippen molar-refractivity contribution in [2.75, 3.05) is 36.5 Å². The number of nitrogens with zero attached hydrogens (tertiary/aromatic N) is 3. The lowest BCUT2D eigenvalue weighted by molar-refractivity contribution is 0.103. The van der Waals surface area contributed by atoms with Crippen LogP contribution in [-0.4, -0.2) is 42.2 Å². The second kappa shape index (κ2) is 7.80. The molecule has 1 saturated carbocycles. The van der Waals surface area contributed by atoms with Gasteiger partial charge in [-0.3, -0.25) is 4.79 Å². The fourth-order valence-corrected chi connectivity index (χ4v) is 5.43. The van der Waals surface area contributed by atoms with E-state index in [1.54, 1.807) is 0 Å². The van der Waals surface area contributed by atoms with Crippen molar-refractivity contribution < 1.29 is 9.53 Å². The molecule has 3 aromatic rings. The number of carbonyl (C=O) groups excluding carboxylic acids is 1. The zero-order valence-corrected chi connectivity index (χ0v) is 18.6. The number of nitrogens with one attached hydrogen (secondary N) is 1. The topological polar surface area (TPSA) is 67.4 Å². The van der Waals surface area contributed by atoms with E-state index in [0.29, 0.717) is 34.7 Å². The van der Waals surface area contributed by atoms with Gasteiger partial charge in [0.15, 0.2) is 0 Å². The van der Waals surface area contributed by atoms with Gasteiger partial charge in [0.2, 0.25) is 0 Å².